The average Bonchev–Trinajstić information content (AvgIpc) is 3.00. The van der Waals surface area contributed by atoms with E-state index in [4.69, 9.17) is 23.8 Å². The molecule has 1 amide bonds. The average molecular weight is 488 g/mol. The Morgan fingerprint density at radius 3 is 2.56 bits per heavy atom. The number of ketones is 1. The van der Waals surface area contributed by atoms with Crippen molar-refractivity contribution in [2.75, 3.05) is 6.54 Å². The molecule has 3 rings (SSSR count). The molecule has 2 heterocycles. The number of benzene rings is 1. The Hall–Kier alpha value is -2.93. The van der Waals surface area contributed by atoms with Crippen molar-refractivity contribution in [3.8, 4) is 11.9 Å². The number of amides is 1. The van der Waals surface area contributed by atoms with Crippen LogP contribution in [-0.2, 0) is 11.3 Å². The summed E-state index contributed by atoms with van der Waals surface area (Å²) in [4.78, 5) is 39.9. The van der Waals surface area contributed by atoms with Gasteiger partial charge in [-0.15, -0.1) is 0 Å². The highest BCUT2D eigenvalue weighted by molar-refractivity contribution is 8.26. The van der Waals surface area contributed by atoms with Crippen molar-refractivity contribution in [3.05, 3.63) is 66.8 Å². The van der Waals surface area contributed by atoms with E-state index in [0.717, 1.165) is 26.8 Å². The van der Waals surface area contributed by atoms with Gasteiger partial charge < -0.3 is 5.11 Å². The van der Waals surface area contributed by atoms with Gasteiger partial charge in [0.05, 0.1) is 17.0 Å². The lowest BCUT2D eigenvalue weighted by atomic mass is 10.0. The van der Waals surface area contributed by atoms with Crippen LogP contribution in [0.4, 0.5) is 0 Å². The van der Waals surface area contributed by atoms with Crippen molar-refractivity contribution >= 4 is 57.7 Å². The van der Waals surface area contributed by atoms with E-state index in [1.54, 1.807) is 37.3 Å². The molecule has 0 radical (unpaired) electrons. The van der Waals surface area contributed by atoms with Gasteiger partial charge in [0.25, 0.3) is 11.5 Å². The predicted octanol–water partition coefficient (Wildman–Crippen LogP) is 3.88. The van der Waals surface area contributed by atoms with E-state index in [9.17, 15) is 24.8 Å². The Labute approximate surface area is 198 Å². The van der Waals surface area contributed by atoms with Crippen molar-refractivity contribution in [3.63, 3.8) is 0 Å². The van der Waals surface area contributed by atoms with Crippen LogP contribution in [-0.4, -0.2) is 37.1 Å². The van der Waals surface area contributed by atoms with E-state index in [1.807, 2.05) is 6.07 Å². The summed E-state index contributed by atoms with van der Waals surface area (Å²) < 4.78 is 1.20. The van der Waals surface area contributed by atoms with Gasteiger partial charge >= 0.3 is 0 Å². The van der Waals surface area contributed by atoms with Crippen LogP contribution in [0.5, 0.6) is 5.88 Å². The second-order valence-electron chi connectivity index (χ2n) is 7.01. The van der Waals surface area contributed by atoms with E-state index in [1.165, 1.54) is 6.92 Å². The van der Waals surface area contributed by atoms with Crippen LogP contribution in [0.25, 0.3) is 6.08 Å². The molecule has 0 aliphatic carbocycles. The monoisotopic (exact) mass is 487 g/mol. The highest BCUT2D eigenvalue weighted by Gasteiger charge is 2.35. The fraction of sp³-hybridized carbons (Fsp3) is 0.227. The normalized spacial score (nSPS) is 14.8. The number of aromatic hydroxyl groups is 1. The van der Waals surface area contributed by atoms with Crippen LogP contribution in [0.1, 0.15) is 40.4 Å². The van der Waals surface area contributed by atoms with Crippen molar-refractivity contribution in [2.24, 2.45) is 0 Å². The summed E-state index contributed by atoms with van der Waals surface area (Å²) >= 11 is 12.2. The minimum absolute atomic E-state index is 0.0782. The first-order valence-electron chi connectivity index (χ1n) is 9.60. The number of rotatable bonds is 6. The van der Waals surface area contributed by atoms with E-state index >= 15 is 0 Å². The second kappa shape index (κ2) is 9.69. The Balaban J connectivity index is 1.94. The van der Waals surface area contributed by atoms with Crippen LogP contribution < -0.4 is 5.56 Å². The van der Waals surface area contributed by atoms with Gasteiger partial charge in [0.2, 0.25) is 5.88 Å². The summed E-state index contributed by atoms with van der Waals surface area (Å²) in [6.45, 7) is 2.94. The number of pyridine rings is 1. The van der Waals surface area contributed by atoms with Crippen LogP contribution in [0.3, 0.4) is 0 Å². The quantitative estimate of drug-likeness (QED) is 0.374. The first-order valence-corrected chi connectivity index (χ1v) is 11.2. The van der Waals surface area contributed by atoms with Gasteiger partial charge in [0.15, 0.2) is 5.78 Å². The highest BCUT2D eigenvalue weighted by atomic mass is 35.5. The smallest absolute Gasteiger partial charge is 0.271 e. The first-order chi connectivity index (χ1) is 15.2. The third-order valence-corrected chi connectivity index (χ3v) is 6.50. The summed E-state index contributed by atoms with van der Waals surface area (Å²) in [5.41, 5.74) is -0.204. The largest absolute Gasteiger partial charge is 0.494 e. The fourth-order valence-electron chi connectivity index (χ4n) is 3.29. The minimum atomic E-state index is -0.655. The third kappa shape index (κ3) is 4.48. The summed E-state index contributed by atoms with van der Waals surface area (Å²) in [7, 11) is 0. The number of aromatic nitrogens is 1. The SMILES string of the molecule is CCCn1c(O)c(C(=O)CN2C(=O)/C(=C/c3ccc(Cl)cc3)SC2=S)c(C)c(C#N)c1=O. The van der Waals surface area contributed by atoms with Crippen LogP contribution in [0.15, 0.2) is 34.0 Å². The van der Waals surface area contributed by atoms with Crippen LogP contribution >= 0.6 is 35.6 Å². The molecule has 0 bridgehead atoms. The van der Waals surface area contributed by atoms with Crippen molar-refractivity contribution in [2.45, 2.75) is 26.8 Å². The molecule has 2 aromatic rings. The van der Waals surface area contributed by atoms with Gasteiger partial charge in [0.1, 0.15) is 16.0 Å². The molecule has 1 aromatic carbocycles. The molecule has 0 spiro atoms. The molecule has 32 heavy (non-hydrogen) atoms. The Morgan fingerprint density at radius 1 is 1.31 bits per heavy atom. The topological polar surface area (TPSA) is 103 Å². The van der Waals surface area contributed by atoms with Crippen molar-refractivity contribution in [1.29, 1.82) is 5.26 Å². The van der Waals surface area contributed by atoms with Gasteiger partial charge in [0, 0.05) is 11.6 Å². The van der Waals surface area contributed by atoms with E-state index in [0.29, 0.717) is 16.3 Å². The van der Waals surface area contributed by atoms with Crippen molar-refractivity contribution < 1.29 is 14.7 Å². The van der Waals surface area contributed by atoms with Gasteiger partial charge in [-0.2, -0.15) is 5.26 Å². The second-order valence-corrected chi connectivity index (χ2v) is 9.12. The maximum absolute atomic E-state index is 13.1. The molecule has 1 fully saturated rings. The summed E-state index contributed by atoms with van der Waals surface area (Å²) in [6, 6.07) is 8.70. The molecule has 1 saturated heterocycles. The molecule has 10 heteroatoms. The number of hydrogen-bond donors (Lipinski definition) is 1. The third-order valence-electron chi connectivity index (χ3n) is 4.87. The molecule has 1 aromatic heterocycles. The molecule has 1 aliphatic heterocycles. The van der Waals surface area contributed by atoms with Gasteiger partial charge in [-0.1, -0.05) is 54.6 Å². The zero-order valence-corrected chi connectivity index (χ0v) is 19.6. The lowest BCUT2D eigenvalue weighted by molar-refractivity contribution is -0.121. The number of nitrogens with zero attached hydrogens (tertiary/aromatic N) is 3. The summed E-state index contributed by atoms with van der Waals surface area (Å²) in [6.07, 6.45) is 2.16. The van der Waals surface area contributed by atoms with Crippen LogP contribution in [0, 0.1) is 18.3 Å². The zero-order chi connectivity index (χ0) is 23.6. The van der Waals surface area contributed by atoms with Crippen molar-refractivity contribution in [1.82, 2.24) is 9.47 Å². The number of thioether (sulfide) groups is 1. The predicted molar refractivity (Wildman–Crippen MR) is 128 cm³/mol. The maximum Gasteiger partial charge on any atom is 0.271 e. The van der Waals surface area contributed by atoms with Gasteiger partial charge in [-0.25, -0.2) is 0 Å². The van der Waals surface area contributed by atoms with Gasteiger partial charge in [-0.05, 0) is 42.7 Å². The summed E-state index contributed by atoms with van der Waals surface area (Å²) in [5.74, 6) is -1.58. The molecule has 164 valence electrons. The van der Waals surface area contributed by atoms with E-state index < -0.39 is 29.7 Å². The standard InChI is InChI=1S/C22H18ClN3O4S2/c1-3-8-25-19(28)15(10-24)12(2)18(21(25)30)16(27)11-26-20(29)17(32-22(26)31)9-13-4-6-14(23)7-5-13/h4-7,9,30H,3,8,11H2,1-2H3/b17-9-. The zero-order valence-electron chi connectivity index (χ0n) is 17.2. The van der Waals surface area contributed by atoms with E-state index in [-0.39, 0.29) is 27.6 Å². The highest BCUT2D eigenvalue weighted by Crippen LogP contribution is 2.33. The Morgan fingerprint density at radius 2 is 1.97 bits per heavy atom. The molecule has 7 nitrogen and oxygen atoms in total. The Bertz CT molecular complexity index is 1260. The number of carbonyl (C=O) groups is 2. The number of halogens is 1. The number of hydrogen-bond acceptors (Lipinski definition) is 7. The molecular formula is C22H18ClN3O4S2. The molecule has 1 N–H and O–H groups in total. The number of nitriles is 1. The lowest BCUT2D eigenvalue weighted by Gasteiger charge is -2.18. The number of carbonyl (C=O) groups excluding carboxylic acids is 2. The first kappa shape index (κ1) is 23.7. The molecular weight excluding hydrogens is 470 g/mol. The summed E-state index contributed by atoms with van der Waals surface area (Å²) in [5, 5.41) is 20.6. The fourth-order valence-corrected chi connectivity index (χ4v) is 4.67. The van der Waals surface area contributed by atoms with Gasteiger partial charge in [-0.3, -0.25) is 23.9 Å². The number of thiocarbonyl (C=S) groups is 1. The molecule has 0 saturated carbocycles. The minimum Gasteiger partial charge on any atom is -0.494 e. The molecule has 0 atom stereocenters. The molecule has 1 aliphatic rings. The Kier molecular flexibility index (Phi) is 7.19. The molecule has 0 unspecified atom stereocenters. The maximum atomic E-state index is 13.1. The van der Waals surface area contributed by atoms with Crippen LogP contribution in [0.2, 0.25) is 5.02 Å². The number of Topliss-reactive ketones (excluding diaryl/α,β-unsaturated/α-hetero) is 1. The lowest BCUT2D eigenvalue weighted by Crippen LogP contribution is -2.35. The van der Waals surface area contributed by atoms with E-state index in [2.05, 4.69) is 0 Å².